The van der Waals surface area contributed by atoms with Crippen LogP contribution in [0.3, 0.4) is 0 Å². The Balaban J connectivity index is 1.57. The van der Waals surface area contributed by atoms with Crippen LogP contribution in [0.1, 0.15) is 24.8 Å². The zero-order chi connectivity index (χ0) is 12.4. The second kappa shape index (κ2) is 5.23. The smallest absolute Gasteiger partial charge is 0.141 e. The number of fused-ring (bicyclic) bond motifs is 2. The second-order valence-electron chi connectivity index (χ2n) is 5.72. The van der Waals surface area contributed by atoms with Crippen LogP contribution in [0, 0.1) is 11.8 Å². The van der Waals surface area contributed by atoms with Crippen LogP contribution in [0.15, 0.2) is 30.3 Å². The molecule has 18 heavy (non-hydrogen) atoms. The lowest BCUT2D eigenvalue weighted by Crippen LogP contribution is -2.49. The van der Waals surface area contributed by atoms with Gasteiger partial charge in [0.2, 0.25) is 0 Å². The van der Waals surface area contributed by atoms with Gasteiger partial charge in [-0.2, -0.15) is 0 Å². The number of benzene rings is 1. The molecule has 2 fully saturated rings. The first-order valence-corrected chi connectivity index (χ1v) is 7.13. The van der Waals surface area contributed by atoms with E-state index in [9.17, 15) is 4.79 Å². The number of piperidine rings is 1. The highest BCUT2D eigenvalue weighted by molar-refractivity contribution is 5.85. The summed E-state index contributed by atoms with van der Waals surface area (Å²) >= 11 is 0. The molecule has 1 aromatic carbocycles. The highest BCUT2D eigenvalue weighted by atomic mass is 16.1. The Labute approximate surface area is 109 Å². The first kappa shape index (κ1) is 11.9. The molecular formula is C16H21NO. The monoisotopic (exact) mass is 243 g/mol. The van der Waals surface area contributed by atoms with Gasteiger partial charge in [0, 0.05) is 31.5 Å². The van der Waals surface area contributed by atoms with E-state index in [-0.39, 0.29) is 0 Å². The average Bonchev–Trinajstić information content (AvgIpc) is 2.38. The molecule has 96 valence electrons. The van der Waals surface area contributed by atoms with Crippen molar-refractivity contribution in [3.63, 3.8) is 0 Å². The maximum absolute atomic E-state index is 12.0. The fourth-order valence-electron chi connectivity index (χ4n) is 3.40. The normalized spacial score (nSPS) is 28.3. The van der Waals surface area contributed by atoms with Gasteiger partial charge in [-0.15, -0.1) is 0 Å². The van der Waals surface area contributed by atoms with E-state index in [0.717, 1.165) is 38.9 Å². The highest BCUT2D eigenvalue weighted by Crippen LogP contribution is 2.31. The number of carbonyl (C=O) groups excluding carboxylic acids is 1. The minimum Gasteiger partial charge on any atom is -0.302 e. The Bertz CT molecular complexity index is 398. The number of hydrogen-bond donors (Lipinski definition) is 0. The molecule has 2 aliphatic rings. The van der Waals surface area contributed by atoms with Crippen LogP contribution >= 0.6 is 0 Å². The summed E-state index contributed by atoms with van der Waals surface area (Å²) in [6.07, 6.45) is 4.61. The molecule has 1 heterocycles. The molecule has 0 radical (unpaired) electrons. The van der Waals surface area contributed by atoms with E-state index in [4.69, 9.17) is 0 Å². The van der Waals surface area contributed by atoms with Gasteiger partial charge in [-0.25, -0.2) is 0 Å². The van der Waals surface area contributed by atoms with Crippen molar-refractivity contribution in [2.45, 2.75) is 25.7 Å². The largest absolute Gasteiger partial charge is 0.302 e. The molecule has 1 aliphatic carbocycles. The third-order valence-electron chi connectivity index (χ3n) is 4.43. The lowest BCUT2D eigenvalue weighted by atomic mass is 9.76. The molecule has 2 unspecified atom stereocenters. The Morgan fingerprint density at radius 2 is 1.72 bits per heavy atom. The Hall–Kier alpha value is -1.15. The van der Waals surface area contributed by atoms with Gasteiger partial charge in [-0.05, 0) is 24.8 Å². The molecule has 1 saturated heterocycles. The van der Waals surface area contributed by atoms with Gasteiger partial charge in [0.15, 0.2) is 0 Å². The summed E-state index contributed by atoms with van der Waals surface area (Å²) in [6.45, 7) is 3.11. The van der Waals surface area contributed by atoms with Gasteiger partial charge < -0.3 is 4.90 Å². The summed E-state index contributed by atoms with van der Waals surface area (Å²) in [5, 5.41) is 0. The SMILES string of the molecule is O=C1C2CCCC1CN(CCc1ccccc1)C2. The molecule has 3 rings (SSSR count). The summed E-state index contributed by atoms with van der Waals surface area (Å²) in [6, 6.07) is 10.6. The predicted octanol–water partition coefficient (Wildman–Crippen LogP) is 2.53. The van der Waals surface area contributed by atoms with E-state index in [0.29, 0.717) is 17.6 Å². The van der Waals surface area contributed by atoms with Gasteiger partial charge in [0.25, 0.3) is 0 Å². The van der Waals surface area contributed by atoms with Crippen LogP contribution in [-0.2, 0) is 11.2 Å². The molecule has 2 heteroatoms. The van der Waals surface area contributed by atoms with Crippen LogP contribution < -0.4 is 0 Å². The van der Waals surface area contributed by atoms with Crippen molar-refractivity contribution in [3.8, 4) is 0 Å². The van der Waals surface area contributed by atoms with E-state index >= 15 is 0 Å². The maximum atomic E-state index is 12.0. The zero-order valence-electron chi connectivity index (χ0n) is 10.8. The van der Waals surface area contributed by atoms with Crippen LogP contribution in [0.25, 0.3) is 0 Å². The summed E-state index contributed by atoms with van der Waals surface area (Å²) in [5.41, 5.74) is 1.40. The molecule has 0 aromatic heterocycles. The Morgan fingerprint density at radius 3 is 2.39 bits per heavy atom. The van der Waals surface area contributed by atoms with Gasteiger partial charge in [-0.3, -0.25) is 4.79 Å². The van der Waals surface area contributed by atoms with Crippen molar-refractivity contribution in [1.82, 2.24) is 4.90 Å². The Morgan fingerprint density at radius 1 is 1.06 bits per heavy atom. The molecule has 1 saturated carbocycles. The van der Waals surface area contributed by atoms with E-state index < -0.39 is 0 Å². The minimum absolute atomic E-state index is 0.341. The topological polar surface area (TPSA) is 20.3 Å². The summed E-state index contributed by atoms with van der Waals surface area (Å²) in [5.74, 6) is 1.23. The molecule has 2 bridgehead atoms. The van der Waals surface area contributed by atoms with Crippen LogP contribution in [0.2, 0.25) is 0 Å². The van der Waals surface area contributed by atoms with Crippen molar-refractivity contribution in [3.05, 3.63) is 35.9 Å². The predicted molar refractivity (Wildman–Crippen MR) is 72.4 cm³/mol. The first-order chi connectivity index (χ1) is 8.83. The van der Waals surface area contributed by atoms with Crippen LogP contribution in [-0.4, -0.2) is 30.3 Å². The van der Waals surface area contributed by atoms with E-state index in [1.165, 1.54) is 12.0 Å². The van der Waals surface area contributed by atoms with Crippen LogP contribution in [0.4, 0.5) is 0 Å². The van der Waals surface area contributed by atoms with Crippen molar-refractivity contribution in [1.29, 1.82) is 0 Å². The van der Waals surface area contributed by atoms with Crippen LogP contribution in [0.5, 0.6) is 0 Å². The third kappa shape index (κ3) is 2.49. The molecule has 1 aromatic rings. The molecule has 0 spiro atoms. The quantitative estimate of drug-likeness (QED) is 0.813. The molecule has 2 nitrogen and oxygen atoms in total. The van der Waals surface area contributed by atoms with Crippen molar-refractivity contribution < 1.29 is 4.79 Å². The summed E-state index contributed by atoms with van der Waals surface area (Å²) in [7, 11) is 0. The first-order valence-electron chi connectivity index (χ1n) is 7.13. The Kier molecular flexibility index (Phi) is 3.46. The fourth-order valence-corrected chi connectivity index (χ4v) is 3.40. The number of rotatable bonds is 3. The highest BCUT2D eigenvalue weighted by Gasteiger charge is 2.37. The summed E-state index contributed by atoms with van der Waals surface area (Å²) < 4.78 is 0. The minimum atomic E-state index is 0.341. The third-order valence-corrected chi connectivity index (χ3v) is 4.43. The molecule has 0 amide bonds. The standard InChI is InChI=1S/C16H21NO/c18-16-14-7-4-8-15(16)12-17(11-14)10-9-13-5-2-1-3-6-13/h1-3,5-6,14-15H,4,7-12H2. The van der Waals surface area contributed by atoms with Crippen molar-refractivity contribution in [2.75, 3.05) is 19.6 Å². The molecule has 0 N–H and O–H groups in total. The van der Waals surface area contributed by atoms with Crippen molar-refractivity contribution >= 4 is 5.78 Å². The zero-order valence-corrected chi connectivity index (χ0v) is 10.8. The second-order valence-corrected chi connectivity index (χ2v) is 5.72. The molecular weight excluding hydrogens is 222 g/mol. The van der Waals surface area contributed by atoms with E-state index in [2.05, 4.69) is 35.2 Å². The lowest BCUT2D eigenvalue weighted by molar-refractivity contribution is -0.134. The van der Waals surface area contributed by atoms with Gasteiger partial charge >= 0.3 is 0 Å². The van der Waals surface area contributed by atoms with E-state index in [1.54, 1.807) is 0 Å². The van der Waals surface area contributed by atoms with Gasteiger partial charge in [-0.1, -0.05) is 36.8 Å². The number of Topliss-reactive ketones (excluding diaryl/α,β-unsaturated/α-hetero) is 1. The number of ketones is 1. The fraction of sp³-hybridized carbons (Fsp3) is 0.562. The van der Waals surface area contributed by atoms with Gasteiger partial charge in [0.1, 0.15) is 5.78 Å². The number of nitrogens with zero attached hydrogens (tertiary/aromatic N) is 1. The molecule has 1 aliphatic heterocycles. The number of carbonyl (C=O) groups is 1. The van der Waals surface area contributed by atoms with E-state index in [1.807, 2.05) is 0 Å². The van der Waals surface area contributed by atoms with Gasteiger partial charge in [0.05, 0.1) is 0 Å². The number of hydrogen-bond acceptors (Lipinski definition) is 2. The number of likely N-dealkylation sites (tertiary alicyclic amines) is 1. The summed E-state index contributed by atoms with van der Waals surface area (Å²) in [4.78, 5) is 14.5. The lowest BCUT2D eigenvalue weighted by Gasteiger charge is -2.40. The average molecular weight is 243 g/mol. The maximum Gasteiger partial charge on any atom is 0.141 e. The molecule has 2 atom stereocenters. The van der Waals surface area contributed by atoms with Crippen molar-refractivity contribution in [2.24, 2.45) is 11.8 Å².